The Morgan fingerprint density at radius 1 is 0.906 bits per heavy atom. The van der Waals surface area contributed by atoms with E-state index in [0.29, 0.717) is 59.0 Å². The molecule has 1 saturated heterocycles. The van der Waals surface area contributed by atoms with Crippen LogP contribution < -0.4 is 5.01 Å². The van der Waals surface area contributed by atoms with Crippen molar-refractivity contribution in [3.05, 3.63) is 132 Å². The summed E-state index contributed by atoms with van der Waals surface area (Å²) in [6.45, 7) is 4.54. The van der Waals surface area contributed by atoms with Crippen LogP contribution in [-0.4, -0.2) is 65.5 Å². The van der Waals surface area contributed by atoms with Gasteiger partial charge in [0.15, 0.2) is 0 Å². The lowest BCUT2D eigenvalue weighted by atomic mass is 9.98. The molecule has 0 aliphatic carbocycles. The van der Waals surface area contributed by atoms with E-state index in [0.717, 1.165) is 16.1 Å². The minimum absolute atomic E-state index is 0.126. The first kappa shape index (κ1) is 36.1. The van der Waals surface area contributed by atoms with Gasteiger partial charge in [0.25, 0.3) is 5.91 Å². The molecule has 0 radical (unpaired) electrons. The topological polar surface area (TPSA) is 114 Å². The number of carbonyl (C=O) groups excluding carboxylic acids is 2. The number of ether oxygens (including phenoxy) is 1. The van der Waals surface area contributed by atoms with Crippen LogP contribution in [0.2, 0.25) is 0 Å². The van der Waals surface area contributed by atoms with Gasteiger partial charge in [-0.25, -0.2) is 13.1 Å². The molecule has 1 amide bonds. The summed E-state index contributed by atoms with van der Waals surface area (Å²) in [4.78, 5) is 27.6. The summed E-state index contributed by atoms with van der Waals surface area (Å²) < 4.78 is 36.2. The van der Waals surface area contributed by atoms with Gasteiger partial charge in [-0.2, -0.15) is 19.5 Å². The Bertz CT molecular complexity index is 2280. The number of rotatable bonds is 11. The van der Waals surface area contributed by atoms with Crippen molar-refractivity contribution in [2.45, 2.75) is 36.5 Å². The summed E-state index contributed by atoms with van der Waals surface area (Å²) in [6, 6.07) is 33.9. The van der Waals surface area contributed by atoms with Crippen LogP contribution in [0.4, 0.5) is 5.69 Å². The van der Waals surface area contributed by atoms with E-state index in [9.17, 15) is 18.0 Å². The summed E-state index contributed by atoms with van der Waals surface area (Å²) in [5.74, 6) is -0.411. The maximum absolute atomic E-state index is 14.2. The van der Waals surface area contributed by atoms with Crippen LogP contribution in [0.1, 0.15) is 30.9 Å². The molecule has 270 valence electrons. The van der Waals surface area contributed by atoms with Crippen molar-refractivity contribution in [1.82, 2.24) is 14.1 Å². The van der Waals surface area contributed by atoms with E-state index < -0.39 is 10.0 Å². The number of hydrazone groups is 1. The molecular weight excluding hydrogens is 707 g/mol. The second-order valence-electron chi connectivity index (χ2n) is 12.8. The van der Waals surface area contributed by atoms with Crippen LogP contribution in [0, 0.1) is 12.8 Å². The average molecular weight is 746 g/mol. The fourth-order valence-electron chi connectivity index (χ4n) is 6.37. The smallest absolute Gasteiger partial charge is 0.309 e. The lowest BCUT2D eigenvalue weighted by Crippen LogP contribution is -2.40. The van der Waals surface area contributed by atoms with Gasteiger partial charge in [0.2, 0.25) is 10.0 Å². The zero-order chi connectivity index (χ0) is 37.0. The van der Waals surface area contributed by atoms with Crippen molar-refractivity contribution >= 4 is 51.1 Å². The molecule has 4 aromatic carbocycles. The van der Waals surface area contributed by atoms with Crippen LogP contribution in [0.3, 0.4) is 0 Å². The molecule has 1 fully saturated rings. The van der Waals surface area contributed by atoms with Crippen LogP contribution >= 0.6 is 11.8 Å². The Hall–Kier alpha value is -5.30. The first-order valence-corrected chi connectivity index (χ1v) is 19.9. The van der Waals surface area contributed by atoms with E-state index in [1.165, 1.54) is 9.31 Å². The molecule has 0 atom stereocenters. The monoisotopic (exact) mass is 745 g/mol. The maximum atomic E-state index is 14.2. The van der Waals surface area contributed by atoms with Crippen molar-refractivity contribution < 1.29 is 22.7 Å². The molecule has 1 aromatic heterocycles. The first-order chi connectivity index (χ1) is 25.7. The lowest BCUT2D eigenvalue weighted by molar-refractivity contribution is -0.149. The highest BCUT2D eigenvalue weighted by molar-refractivity contribution is 8.00. The number of piperidine rings is 1. The van der Waals surface area contributed by atoms with Crippen molar-refractivity contribution in [3.63, 3.8) is 0 Å². The van der Waals surface area contributed by atoms with E-state index in [4.69, 9.17) is 14.9 Å². The highest BCUT2D eigenvalue weighted by atomic mass is 32.2. The van der Waals surface area contributed by atoms with Crippen LogP contribution in [0.15, 0.2) is 136 Å². The van der Waals surface area contributed by atoms with Crippen LogP contribution in [0.25, 0.3) is 23.0 Å². The molecule has 2 aliphatic heterocycles. The number of esters is 1. The zero-order valence-electron chi connectivity index (χ0n) is 29.5. The predicted molar refractivity (Wildman–Crippen MR) is 208 cm³/mol. The molecule has 3 heterocycles. The van der Waals surface area contributed by atoms with Crippen molar-refractivity contribution in [3.8, 4) is 16.9 Å². The Morgan fingerprint density at radius 2 is 1.58 bits per heavy atom. The van der Waals surface area contributed by atoms with Gasteiger partial charge < -0.3 is 4.74 Å². The summed E-state index contributed by atoms with van der Waals surface area (Å²) in [6.07, 6.45) is 4.46. The highest BCUT2D eigenvalue weighted by Gasteiger charge is 2.34. The van der Waals surface area contributed by atoms with Crippen molar-refractivity contribution in [1.29, 1.82) is 0 Å². The number of benzene rings is 4. The molecule has 0 N–H and O–H groups in total. The normalized spacial score (nSPS) is 16.3. The average Bonchev–Trinajstić information content (AvgIpc) is 3.76. The number of para-hydroxylation sites is 2. The van der Waals surface area contributed by atoms with Crippen molar-refractivity contribution in [2.24, 2.45) is 11.0 Å². The van der Waals surface area contributed by atoms with E-state index in [1.54, 1.807) is 41.6 Å². The molecule has 7 rings (SSSR count). The fraction of sp³-hybridized carbons (Fsp3) is 0.220. The van der Waals surface area contributed by atoms with E-state index in [1.807, 2.05) is 85.9 Å². The molecule has 2 aliphatic rings. The quantitative estimate of drug-likeness (QED) is 0.0787. The Balaban J connectivity index is 1.26. The minimum atomic E-state index is -3.88. The van der Waals surface area contributed by atoms with Gasteiger partial charge in [-0.15, -0.1) is 11.8 Å². The molecule has 0 saturated carbocycles. The third kappa shape index (κ3) is 7.90. The van der Waals surface area contributed by atoms with Gasteiger partial charge in [0.05, 0.1) is 40.1 Å². The van der Waals surface area contributed by atoms with Gasteiger partial charge in [-0.3, -0.25) is 9.59 Å². The van der Waals surface area contributed by atoms with Crippen LogP contribution in [-0.2, 0) is 24.3 Å². The second kappa shape index (κ2) is 15.7. The molecule has 53 heavy (non-hydrogen) atoms. The number of hydrogen-bond donors (Lipinski definition) is 0. The molecular formula is C41H39N5O5S2. The van der Waals surface area contributed by atoms with E-state index >= 15 is 0 Å². The summed E-state index contributed by atoms with van der Waals surface area (Å²) >= 11 is 1.60. The Morgan fingerprint density at radius 3 is 2.26 bits per heavy atom. The van der Waals surface area contributed by atoms with Gasteiger partial charge >= 0.3 is 5.97 Å². The number of carbonyl (C=O) groups is 2. The molecule has 12 heteroatoms. The van der Waals surface area contributed by atoms with Gasteiger partial charge in [0, 0.05) is 41.1 Å². The molecule has 5 aromatic rings. The van der Waals surface area contributed by atoms with E-state index in [2.05, 4.69) is 24.3 Å². The minimum Gasteiger partial charge on any atom is -0.466 e. The maximum Gasteiger partial charge on any atom is 0.309 e. The number of anilines is 1. The number of hydrogen-bond acceptors (Lipinski definition) is 8. The standard InChI is InChI=1S/C41H39N5O5S2/c1-3-51-41(48)30-21-23-44(24-22-30)53(49,50)36-16-10-11-31(25-36)39-32(27-45(43-39)33-12-6-4-7-13-33)26-37-38(28-52-35-19-17-29(2)18-20-35)42-46(40(37)47)34-14-8-5-9-15-34/h4-20,25-27,30H,3,21-24,28H2,1-2H3. The highest BCUT2D eigenvalue weighted by Crippen LogP contribution is 2.33. The third-order valence-electron chi connectivity index (χ3n) is 9.23. The SMILES string of the molecule is CCOC(=O)C1CCN(S(=O)(=O)c2cccc(-c3nn(-c4ccccc4)cc3C=C3C(=O)N(c4ccccc4)N=C3CSc3ccc(C)cc3)c2)CC1. The number of nitrogens with zero attached hydrogens (tertiary/aromatic N) is 5. The number of amides is 1. The van der Waals surface area contributed by atoms with Crippen LogP contribution in [0.5, 0.6) is 0 Å². The summed E-state index contributed by atoms with van der Waals surface area (Å²) in [5, 5.41) is 11.2. The molecule has 0 bridgehead atoms. The van der Waals surface area contributed by atoms with Gasteiger partial charge in [-0.1, -0.05) is 66.2 Å². The summed E-state index contributed by atoms with van der Waals surface area (Å²) in [5.41, 5.74) is 5.38. The van der Waals surface area contributed by atoms with E-state index in [-0.39, 0.29) is 35.8 Å². The Labute approximate surface area is 313 Å². The largest absolute Gasteiger partial charge is 0.466 e. The Kier molecular flexibility index (Phi) is 10.7. The zero-order valence-corrected chi connectivity index (χ0v) is 31.1. The van der Waals surface area contributed by atoms with Crippen molar-refractivity contribution in [2.75, 3.05) is 30.5 Å². The second-order valence-corrected chi connectivity index (χ2v) is 15.8. The number of aryl methyl sites for hydroxylation is 1. The summed E-state index contributed by atoms with van der Waals surface area (Å²) in [7, 11) is -3.88. The third-order valence-corrected chi connectivity index (χ3v) is 12.2. The fourth-order valence-corrected chi connectivity index (χ4v) is 8.73. The molecule has 10 nitrogen and oxygen atoms in total. The van der Waals surface area contributed by atoms with Gasteiger partial charge in [0.1, 0.15) is 5.69 Å². The van der Waals surface area contributed by atoms with Gasteiger partial charge in [-0.05, 0) is 81.3 Å². The number of thioether (sulfide) groups is 1. The first-order valence-electron chi connectivity index (χ1n) is 17.5. The molecule has 0 unspecified atom stereocenters. The number of aromatic nitrogens is 2. The number of sulfonamides is 1. The lowest BCUT2D eigenvalue weighted by Gasteiger charge is -2.30. The molecule has 0 spiro atoms. The predicted octanol–water partition coefficient (Wildman–Crippen LogP) is 7.39.